The molecule has 0 heterocycles. The van der Waals surface area contributed by atoms with Crippen molar-refractivity contribution in [1.82, 2.24) is 0 Å². The SMILES string of the molecule is COc1ccc2c(c1)CCC1C(N)C(C)(C)C21. The van der Waals surface area contributed by atoms with Crippen molar-refractivity contribution in [3.63, 3.8) is 0 Å². The number of nitrogens with two attached hydrogens (primary N) is 1. The van der Waals surface area contributed by atoms with Gasteiger partial charge in [-0.15, -0.1) is 0 Å². The highest BCUT2D eigenvalue weighted by Gasteiger charge is 2.56. The summed E-state index contributed by atoms with van der Waals surface area (Å²) in [5, 5.41) is 0. The molecule has 2 nitrogen and oxygen atoms in total. The summed E-state index contributed by atoms with van der Waals surface area (Å²) in [6.07, 6.45) is 2.38. The van der Waals surface area contributed by atoms with E-state index in [0.29, 0.717) is 17.9 Å². The molecule has 1 aromatic rings. The molecule has 1 aromatic carbocycles. The van der Waals surface area contributed by atoms with Gasteiger partial charge in [0, 0.05) is 6.04 Å². The topological polar surface area (TPSA) is 35.2 Å². The predicted octanol–water partition coefficient (Wildman–Crippen LogP) is 2.71. The fourth-order valence-corrected chi connectivity index (χ4v) is 3.93. The smallest absolute Gasteiger partial charge is 0.119 e. The maximum atomic E-state index is 6.30. The Hall–Kier alpha value is -1.02. The van der Waals surface area contributed by atoms with Crippen molar-refractivity contribution in [2.45, 2.75) is 38.6 Å². The molecule has 3 unspecified atom stereocenters. The highest BCUT2D eigenvalue weighted by molar-refractivity contribution is 5.43. The third kappa shape index (κ3) is 1.37. The number of aryl methyl sites for hydroxylation is 1. The van der Waals surface area contributed by atoms with Gasteiger partial charge in [-0.1, -0.05) is 19.9 Å². The van der Waals surface area contributed by atoms with Crippen LogP contribution in [0, 0.1) is 11.3 Å². The van der Waals surface area contributed by atoms with E-state index in [1.54, 1.807) is 7.11 Å². The van der Waals surface area contributed by atoms with Crippen LogP contribution in [-0.4, -0.2) is 13.2 Å². The molecule has 0 spiro atoms. The Bertz CT molecular complexity index is 452. The van der Waals surface area contributed by atoms with Crippen molar-refractivity contribution in [2.75, 3.05) is 7.11 Å². The molecular formula is C15H21NO. The van der Waals surface area contributed by atoms with Gasteiger partial charge in [0.15, 0.2) is 0 Å². The van der Waals surface area contributed by atoms with Crippen LogP contribution in [0.5, 0.6) is 5.75 Å². The molecule has 17 heavy (non-hydrogen) atoms. The van der Waals surface area contributed by atoms with Gasteiger partial charge < -0.3 is 10.5 Å². The Morgan fingerprint density at radius 2 is 2.12 bits per heavy atom. The second kappa shape index (κ2) is 3.49. The Morgan fingerprint density at radius 1 is 1.35 bits per heavy atom. The van der Waals surface area contributed by atoms with Crippen LogP contribution in [-0.2, 0) is 6.42 Å². The Morgan fingerprint density at radius 3 is 2.82 bits per heavy atom. The second-order valence-corrected chi connectivity index (χ2v) is 6.09. The maximum absolute atomic E-state index is 6.30. The van der Waals surface area contributed by atoms with E-state index >= 15 is 0 Å². The first-order valence-corrected chi connectivity index (χ1v) is 6.48. The number of hydrogen-bond donors (Lipinski definition) is 1. The van der Waals surface area contributed by atoms with Crippen LogP contribution in [0.1, 0.15) is 37.3 Å². The number of fused-ring (bicyclic) bond motifs is 3. The van der Waals surface area contributed by atoms with E-state index in [2.05, 4.69) is 32.0 Å². The number of hydrogen-bond acceptors (Lipinski definition) is 2. The van der Waals surface area contributed by atoms with Gasteiger partial charge in [-0.3, -0.25) is 0 Å². The molecule has 0 amide bonds. The summed E-state index contributed by atoms with van der Waals surface area (Å²) in [4.78, 5) is 0. The third-order valence-electron chi connectivity index (χ3n) is 4.98. The molecule has 0 aliphatic heterocycles. The van der Waals surface area contributed by atoms with Crippen molar-refractivity contribution in [1.29, 1.82) is 0 Å². The predicted molar refractivity (Wildman–Crippen MR) is 69.3 cm³/mol. The standard InChI is InChI=1S/C15H21NO/c1-15(2)13-11-7-5-10(17-3)8-9(11)4-6-12(13)14(15)16/h5,7-8,12-14H,4,6,16H2,1-3H3. The van der Waals surface area contributed by atoms with Gasteiger partial charge in [0.25, 0.3) is 0 Å². The fraction of sp³-hybridized carbons (Fsp3) is 0.600. The van der Waals surface area contributed by atoms with Gasteiger partial charge >= 0.3 is 0 Å². The molecule has 1 fully saturated rings. The van der Waals surface area contributed by atoms with E-state index < -0.39 is 0 Å². The van der Waals surface area contributed by atoms with E-state index in [9.17, 15) is 0 Å². The molecule has 2 aliphatic carbocycles. The first kappa shape index (κ1) is 11.1. The summed E-state index contributed by atoms with van der Waals surface area (Å²) in [5.41, 5.74) is 9.52. The molecule has 3 rings (SSSR count). The van der Waals surface area contributed by atoms with Gasteiger partial charge in [-0.25, -0.2) is 0 Å². The minimum Gasteiger partial charge on any atom is -0.497 e. The van der Waals surface area contributed by atoms with Crippen LogP contribution in [0.15, 0.2) is 18.2 Å². The summed E-state index contributed by atoms with van der Waals surface area (Å²) >= 11 is 0. The van der Waals surface area contributed by atoms with Crippen LogP contribution < -0.4 is 10.5 Å². The quantitative estimate of drug-likeness (QED) is 0.806. The lowest BCUT2D eigenvalue weighted by atomic mass is 9.47. The molecule has 0 bridgehead atoms. The molecule has 2 heteroatoms. The van der Waals surface area contributed by atoms with Crippen molar-refractivity contribution in [3.8, 4) is 5.75 Å². The third-order valence-corrected chi connectivity index (χ3v) is 4.98. The normalized spacial score (nSPS) is 33.3. The zero-order valence-corrected chi connectivity index (χ0v) is 10.9. The zero-order valence-electron chi connectivity index (χ0n) is 10.9. The Labute approximate surface area is 103 Å². The van der Waals surface area contributed by atoms with Gasteiger partial charge in [0.1, 0.15) is 5.75 Å². The Kier molecular flexibility index (Phi) is 2.27. The van der Waals surface area contributed by atoms with Crippen molar-refractivity contribution in [3.05, 3.63) is 29.3 Å². The van der Waals surface area contributed by atoms with E-state index in [1.807, 2.05) is 0 Å². The molecule has 3 atom stereocenters. The summed E-state index contributed by atoms with van der Waals surface area (Å²) in [6.45, 7) is 4.61. The minimum atomic E-state index is 0.244. The number of methoxy groups -OCH3 is 1. The average molecular weight is 231 g/mol. The number of rotatable bonds is 1. The summed E-state index contributed by atoms with van der Waals surface area (Å²) in [6, 6.07) is 6.90. The summed E-state index contributed by atoms with van der Waals surface area (Å²) in [7, 11) is 1.73. The maximum Gasteiger partial charge on any atom is 0.119 e. The molecule has 0 saturated heterocycles. The van der Waals surface area contributed by atoms with E-state index in [4.69, 9.17) is 10.5 Å². The highest BCUT2D eigenvalue weighted by Crippen LogP contribution is 2.60. The second-order valence-electron chi connectivity index (χ2n) is 6.09. The first-order valence-electron chi connectivity index (χ1n) is 6.48. The molecule has 92 valence electrons. The van der Waals surface area contributed by atoms with Crippen LogP contribution in [0.4, 0.5) is 0 Å². The van der Waals surface area contributed by atoms with Gasteiger partial charge in [0.2, 0.25) is 0 Å². The average Bonchev–Trinajstić information content (AvgIpc) is 2.35. The molecule has 1 saturated carbocycles. The van der Waals surface area contributed by atoms with Crippen molar-refractivity contribution in [2.24, 2.45) is 17.1 Å². The van der Waals surface area contributed by atoms with Gasteiger partial charge in [-0.2, -0.15) is 0 Å². The minimum absolute atomic E-state index is 0.244. The Balaban J connectivity index is 2.02. The number of benzene rings is 1. The zero-order chi connectivity index (χ0) is 12.2. The first-order chi connectivity index (χ1) is 8.05. The molecule has 2 aliphatic rings. The van der Waals surface area contributed by atoms with E-state index in [0.717, 1.165) is 12.2 Å². The molecular weight excluding hydrogens is 210 g/mol. The lowest BCUT2D eigenvalue weighted by molar-refractivity contribution is 0.00134. The largest absolute Gasteiger partial charge is 0.497 e. The molecule has 2 N–H and O–H groups in total. The van der Waals surface area contributed by atoms with Crippen LogP contribution in [0.25, 0.3) is 0 Å². The van der Waals surface area contributed by atoms with Gasteiger partial charge in [0.05, 0.1) is 7.11 Å². The van der Waals surface area contributed by atoms with E-state index in [-0.39, 0.29) is 5.41 Å². The van der Waals surface area contributed by atoms with Crippen molar-refractivity contribution >= 4 is 0 Å². The van der Waals surface area contributed by atoms with Crippen molar-refractivity contribution < 1.29 is 4.74 Å². The van der Waals surface area contributed by atoms with Crippen LogP contribution in [0.2, 0.25) is 0 Å². The molecule has 0 radical (unpaired) electrons. The monoisotopic (exact) mass is 231 g/mol. The van der Waals surface area contributed by atoms with Crippen LogP contribution in [0.3, 0.4) is 0 Å². The van der Waals surface area contributed by atoms with Crippen LogP contribution >= 0.6 is 0 Å². The lowest BCUT2D eigenvalue weighted by Crippen LogP contribution is -2.62. The summed E-state index contributed by atoms with van der Waals surface area (Å²) in [5.74, 6) is 2.31. The molecule has 0 aromatic heterocycles. The van der Waals surface area contributed by atoms with E-state index in [1.165, 1.54) is 17.5 Å². The number of ether oxygens (including phenoxy) is 1. The summed E-state index contributed by atoms with van der Waals surface area (Å²) < 4.78 is 5.31. The fourth-order valence-electron chi connectivity index (χ4n) is 3.93. The van der Waals surface area contributed by atoms with Gasteiger partial charge in [-0.05, 0) is 53.4 Å². The lowest BCUT2D eigenvalue weighted by Gasteiger charge is -2.60. The highest BCUT2D eigenvalue weighted by atomic mass is 16.5.